The molecular formula is C14H16ClN3O4. The molecule has 7 nitrogen and oxygen atoms in total. The van der Waals surface area contributed by atoms with Crippen LogP contribution in [0.25, 0.3) is 10.4 Å². The van der Waals surface area contributed by atoms with E-state index in [1.807, 2.05) is 30.3 Å². The average molecular weight is 326 g/mol. The Morgan fingerprint density at radius 2 is 2.09 bits per heavy atom. The highest BCUT2D eigenvalue weighted by molar-refractivity contribution is 6.21. The zero-order valence-electron chi connectivity index (χ0n) is 11.9. The second-order valence-electron chi connectivity index (χ2n) is 5.10. The van der Waals surface area contributed by atoms with Gasteiger partial charge in [0.1, 0.15) is 18.2 Å². The Hall–Kier alpha value is -1.34. The maximum atomic E-state index is 8.70. The third-order valence-electron chi connectivity index (χ3n) is 3.78. The van der Waals surface area contributed by atoms with Crippen LogP contribution < -0.4 is 0 Å². The molecule has 0 aromatic heterocycles. The summed E-state index contributed by atoms with van der Waals surface area (Å²) in [5, 5.41) is 3.12. The normalized spacial score (nSPS) is 37.9. The molecule has 8 heteroatoms. The van der Waals surface area contributed by atoms with Crippen LogP contribution >= 0.6 is 11.6 Å². The Morgan fingerprint density at radius 1 is 1.32 bits per heavy atom. The number of hydrogen-bond donors (Lipinski definition) is 0. The zero-order valence-corrected chi connectivity index (χ0v) is 12.7. The molecule has 2 fully saturated rings. The number of alkyl halides is 1. The molecule has 1 aromatic rings. The minimum absolute atomic E-state index is 0.330. The summed E-state index contributed by atoms with van der Waals surface area (Å²) in [5.41, 5.74) is 9.60. The fourth-order valence-corrected chi connectivity index (χ4v) is 3.09. The third-order valence-corrected chi connectivity index (χ3v) is 4.28. The van der Waals surface area contributed by atoms with Gasteiger partial charge >= 0.3 is 0 Å². The molecule has 0 saturated carbocycles. The van der Waals surface area contributed by atoms with E-state index in [-0.39, 0.29) is 6.10 Å². The van der Waals surface area contributed by atoms with Crippen LogP contribution in [-0.2, 0) is 18.9 Å². The molecule has 0 N–H and O–H groups in total. The molecule has 118 valence electrons. The Kier molecular flexibility index (Phi) is 4.83. The number of azide groups is 1. The Labute approximate surface area is 132 Å². The van der Waals surface area contributed by atoms with Crippen molar-refractivity contribution < 1.29 is 18.9 Å². The summed E-state index contributed by atoms with van der Waals surface area (Å²) in [6, 6.07) is 8.92. The number of nitrogens with zero attached hydrogens (tertiary/aromatic N) is 3. The Balaban J connectivity index is 1.79. The number of methoxy groups -OCH3 is 1. The van der Waals surface area contributed by atoms with E-state index in [9.17, 15) is 0 Å². The number of fused-ring (bicyclic) bond motifs is 1. The van der Waals surface area contributed by atoms with E-state index in [0.29, 0.717) is 6.61 Å². The van der Waals surface area contributed by atoms with Crippen molar-refractivity contribution in [1.82, 2.24) is 0 Å². The van der Waals surface area contributed by atoms with Gasteiger partial charge in [-0.2, -0.15) is 0 Å². The summed E-state index contributed by atoms with van der Waals surface area (Å²) < 4.78 is 22.6. The van der Waals surface area contributed by atoms with Crippen LogP contribution in [0.4, 0.5) is 0 Å². The minimum atomic E-state index is -0.708. The standard InChI is InChI=1S/C14H16ClN3O4/c1-19-14-11(17-18-16)10(15)12-9(21-14)7-20-13(22-12)8-5-3-2-4-6-8/h2-6,9-14H,7H2,1H3/t9-,10-,11+,12-,13-,14?/m1/s1. The summed E-state index contributed by atoms with van der Waals surface area (Å²) in [5.74, 6) is 0. The number of rotatable bonds is 3. The lowest BCUT2D eigenvalue weighted by Gasteiger charge is -2.46. The summed E-state index contributed by atoms with van der Waals surface area (Å²) in [7, 11) is 1.48. The molecule has 1 aromatic carbocycles. The summed E-state index contributed by atoms with van der Waals surface area (Å²) >= 11 is 6.46. The van der Waals surface area contributed by atoms with Crippen molar-refractivity contribution in [2.24, 2.45) is 5.11 Å². The lowest BCUT2D eigenvalue weighted by molar-refractivity contribution is -0.315. The van der Waals surface area contributed by atoms with E-state index >= 15 is 0 Å². The maximum absolute atomic E-state index is 8.70. The first-order valence-corrected chi connectivity index (χ1v) is 7.36. The van der Waals surface area contributed by atoms with Crippen molar-refractivity contribution >= 4 is 11.6 Å². The van der Waals surface area contributed by atoms with Gasteiger partial charge in [0.25, 0.3) is 0 Å². The highest BCUT2D eigenvalue weighted by Crippen LogP contribution is 2.37. The van der Waals surface area contributed by atoms with E-state index in [1.54, 1.807) is 0 Å². The predicted molar refractivity (Wildman–Crippen MR) is 78.3 cm³/mol. The molecule has 2 heterocycles. The van der Waals surface area contributed by atoms with E-state index in [1.165, 1.54) is 7.11 Å². The minimum Gasteiger partial charge on any atom is -0.355 e. The van der Waals surface area contributed by atoms with Crippen LogP contribution in [0.3, 0.4) is 0 Å². The van der Waals surface area contributed by atoms with Crippen LogP contribution in [0.2, 0.25) is 0 Å². The smallest absolute Gasteiger partial charge is 0.184 e. The van der Waals surface area contributed by atoms with Crippen LogP contribution in [0.5, 0.6) is 0 Å². The molecule has 3 rings (SSSR count). The monoisotopic (exact) mass is 325 g/mol. The molecule has 0 aliphatic carbocycles. The molecule has 2 saturated heterocycles. The highest BCUT2D eigenvalue weighted by Gasteiger charge is 2.49. The fraction of sp³-hybridized carbons (Fsp3) is 0.571. The van der Waals surface area contributed by atoms with Crippen molar-refractivity contribution in [3.63, 3.8) is 0 Å². The molecular weight excluding hydrogens is 310 g/mol. The van der Waals surface area contributed by atoms with Crippen LogP contribution in [0.1, 0.15) is 11.9 Å². The number of ether oxygens (including phenoxy) is 4. The van der Waals surface area contributed by atoms with E-state index in [4.69, 9.17) is 36.1 Å². The topological polar surface area (TPSA) is 85.7 Å². The quantitative estimate of drug-likeness (QED) is 0.370. The summed E-state index contributed by atoms with van der Waals surface area (Å²) in [4.78, 5) is 2.82. The molecule has 1 unspecified atom stereocenters. The van der Waals surface area contributed by atoms with E-state index < -0.39 is 30.1 Å². The molecule has 6 atom stereocenters. The number of benzene rings is 1. The van der Waals surface area contributed by atoms with Crippen molar-refractivity contribution in [3.8, 4) is 0 Å². The lowest BCUT2D eigenvalue weighted by Crippen LogP contribution is -2.59. The molecule has 2 aliphatic rings. The molecule has 0 amide bonds. The second-order valence-corrected chi connectivity index (χ2v) is 5.60. The zero-order chi connectivity index (χ0) is 15.5. The van der Waals surface area contributed by atoms with Gasteiger partial charge in [-0.3, -0.25) is 0 Å². The summed E-state index contributed by atoms with van der Waals surface area (Å²) in [6.45, 7) is 0.330. The van der Waals surface area contributed by atoms with Crippen molar-refractivity contribution in [1.29, 1.82) is 0 Å². The first kappa shape index (κ1) is 15.6. The Morgan fingerprint density at radius 3 is 2.77 bits per heavy atom. The van der Waals surface area contributed by atoms with Gasteiger partial charge in [0.2, 0.25) is 0 Å². The van der Waals surface area contributed by atoms with Gasteiger partial charge in [0, 0.05) is 17.6 Å². The molecule has 0 bridgehead atoms. The van der Waals surface area contributed by atoms with Crippen LogP contribution in [-0.4, -0.2) is 43.6 Å². The third kappa shape index (κ3) is 2.92. The number of hydrogen-bond acceptors (Lipinski definition) is 5. The van der Waals surface area contributed by atoms with E-state index in [0.717, 1.165) is 5.56 Å². The van der Waals surface area contributed by atoms with Crippen LogP contribution in [0, 0.1) is 0 Å². The Bertz CT molecular complexity index is 554. The van der Waals surface area contributed by atoms with Gasteiger partial charge in [-0.05, 0) is 5.53 Å². The number of halogens is 1. The maximum Gasteiger partial charge on any atom is 0.184 e. The average Bonchev–Trinajstić information content (AvgIpc) is 2.58. The second kappa shape index (κ2) is 6.83. The van der Waals surface area contributed by atoms with Gasteiger partial charge in [0.05, 0.1) is 12.0 Å². The molecule has 0 radical (unpaired) electrons. The van der Waals surface area contributed by atoms with Crippen LogP contribution in [0.15, 0.2) is 35.4 Å². The molecule has 22 heavy (non-hydrogen) atoms. The van der Waals surface area contributed by atoms with Gasteiger partial charge < -0.3 is 18.9 Å². The largest absolute Gasteiger partial charge is 0.355 e. The fourth-order valence-electron chi connectivity index (χ4n) is 2.70. The highest BCUT2D eigenvalue weighted by atomic mass is 35.5. The van der Waals surface area contributed by atoms with Gasteiger partial charge in [-0.1, -0.05) is 35.4 Å². The first-order valence-electron chi connectivity index (χ1n) is 6.93. The van der Waals surface area contributed by atoms with E-state index in [2.05, 4.69) is 10.0 Å². The molecule has 0 spiro atoms. The van der Waals surface area contributed by atoms with Crippen molar-refractivity contribution in [3.05, 3.63) is 46.3 Å². The van der Waals surface area contributed by atoms with Crippen molar-refractivity contribution in [2.45, 2.75) is 36.2 Å². The first-order chi connectivity index (χ1) is 10.7. The van der Waals surface area contributed by atoms with Gasteiger partial charge in [0.15, 0.2) is 12.6 Å². The molecule has 2 aliphatic heterocycles. The van der Waals surface area contributed by atoms with Gasteiger partial charge in [-0.15, -0.1) is 11.6 Å². The summed E-state index contributed by atoms with van der Waals surface area (Å²) in [6.07, 6.45) is -2.03. The van der Waals surface area contributed by atoms with Crippen molar-refractivity contribution in [2.75, 3.05) is 13.7 Å². The lowest BCUT2D eigenvalue weighted by atomic mass is 9.99. The van der Waals surface area contributed by atoms with Gasteiger partial charge in [-0.25, -0.2) is 0 Å². The predicted octanol–water partition coefficient (Wildman–Crippen LogP) is 2.76. The SMILES string of the molecule is COC1O[C@@H]2CO[C@@H](c3ccccc3)O[C@H]2[C@H](Cl)[C@@H]1N=[N+]=[N-].